The first-order valence-corrected chi connectivity index (χ1v) is 11.8. The number of nitrogens with zero attached hydrogens (tertiary/aromatic N) is 5. The Morgan fingerprint density at radius 2 is 1.87 bits per heavy atom. The van der Waals surface area contributed by atoms with Crippen molar-refractivity contribution in [2.45, 2.75) is 26.4 Å². The van der Waals surface area contributed by atoms with Gasteiger partial charge in [-0.25, -0.2) is 4.98 Å². The highest BCUT2D eigenvalue weighted by Gasteiger charge is 2.31. The molecule has 4 heterocycles. The quantitative estimate of drug-likeness (QED) is 0.262. The number of rotatable bonds is 3. The number of imidazole rings is 1. The first-order valence-electron chi connectivity index (χ1n) is 11.8. The molecule has 0 aliphatic carbocycles. The summed E-state index contributed by atoms with van der Waals surface area (Å²) in [6, 6.07) is 9.67. The molecule has 0 radical (unpaired) electrons. The normalized spacial score (nSPS) is 11.7. The number of benzene rings is 2. The second-order valence-electron chi connectivity index (χ2n) is 9.12. The van der Waals surface area contributed by atoms with E-state index in [-0.39, 0.29) is 6.42 Å². The molecule has 6 rings (SSSR count). The molecule has 0 aliphatic rings. The van der Waals surface area contributed by atoms with E-state index in [2.05, 4.69) is 27.0 Å². The number of hydrogen-bond donors (Lipinski definition) is 0. The third-order valence-electron chi connectivity index (χ3n) is 6.37. The molecule has 0 aliphatic heterocycles. The Labute approximate surface area is 215 Å². The fourth-order valence-corrected chi connectivity index (χ4v) is 4.44. The standard InChI is InChI=1S/C29H20F3N5O/c1-18-7-9-36(17-18)23-12-20(11-21(14-23)29(30,31)32)13-26-25-5-3-19(2)24(28(25)38-35-26)6-4-22-15-34-27-16-33-8-10-37(22)27/h3,5,7-12,14-17H,13H2,1-2H3. The van der Waals surface area contributed by atoms with Crippen molar-refractivity contribution < 1.29 is 17.7 Å². The average Bonchev–Trinajstić information content (AvgIpc) is 3.62. The monoisotopic (exact) mass is 511 g/mol. The summed E-state index contributed by atoms with van der Waals surface area (Å²) < 4.78 is 50.4. The van der Waals surface area contributed by atoms with Gasteiger partial charge in [0.25, 0.3) is 0 Å². The van der Waals surface area contributed by atoms with Crippen LogP contribution < -0.4 is 0 Å². The molecule has 4 aromatic heterocycles. The van der Waals surface area contributed by atoms with E-state index in [1.807, 2.05) is 36.4 Å². The van der Waals surface area contributed by atoms with Gasteiger partial charge in [0.15, 0.2) is 11.2 Å². The maximum Gasteiger partial charge on any atom is 0.416 e. The summed E-state index contributed by atoms with van der Waals surface area (Å²) in [5.74, 6) is 6.31. The van der Waals surface area contributed by atoms with Crippen LogP contribution in [0.15, 0.2) is 78.1 Å². The fourth-order valence-electron chi connectivity index (χ4n) is 4.44. The van der Waals surface area contributed by atoms with E-state index in [1.165, 1.54) is 0 Å². The van der Waals surface area contributed by atoms with Crippen LogP contribution in [0.3, 0.4) is 0 Å². The number of aromatic nitrogens is 5. The first kappa shape index (κ1) is 23.6. The maximum absolute atomic E-state index is 13.7. The van der Waals surface area contributed by atoms with Crippen LogP contribution in [0.1, 0.15) is 39.2 Å². The van der Waals surface area contributed by atoms with Crippen molar-refractivity contribution in [3.8, 4) is 17.5 Å². The number of aryl methyl sites for hydroxylation is 2. The number of hydrogen-bond acceptors (Lipinski definition) is 4. The van der Waals surface area contributed by atoms with E-state index >= 15 is 0 Å². The summed E-state index contributed by atoms with van der Waals surface area (Å²) >= 11 is 0. The Morgan fingerprint density at radius 3 is 2.66 bits per heavy atom. The predicted octanol–water partition coefficient (Wildman–Crippen LogP) is 6.29. The Hall–Kier alpha value is -4.84. The maximum atomic E-state index is 13.7. The van der Waals surface area contributed by atoms with Crippen molar-refractivity contribution in [2.75, 3.05) is 0 Å². The highest BCUT2D eigenvalue weighted by Crippen LogP contribution is 2.33. The average molecular weight is 512 g/mol. The summed E-state index contributed by atoms with van der Waals surface area (Å²) in [5.41, 5.74) is 5.12. The third kappa shape index (κ3) is 4.30. The molecule has 38 heavy (non-hydrogen) atoms. The molecule has 0 unspecified atom stereocenters. The van der Waals surface area contributed by atoms with Gasteiger partial charge < -0.3 is 9.09 Å². The van der Waals surface area contributed by atoms with Crippen LogP contribution >= 0.6 is 0 Å². The molecule has 0 saturated carbocycles. The van der Waals surface area contributed by atoms with E-state index in [9.17, 15) is 13.2 Å². The van der Waals surface area contributed by atoms with Gasteiger partial charge in [-0.2, -0.15) is 13.2 Å². The van der Waals surface area contributed by atoms with Gasteiger partial charge in [-0.3, -0.25) is 9.38 Å². The lowest BCUT2D eigenvalue weighted by Crippen LogP contribution is -2.07. The van der Waals surface area contributed by atoms with E-state index in [1.54, 1.807) is 47.8 Å². The van der Waals surface area contributed by atoms with E-state index in [0.717, 1.165) is 23.3 Å². The van der Waals surface area contributed by atoms with Gasteiger partial charge in [-0.05, 0) is 66.8 Å². The lowest BCUT2D eigenvalue weighted by Gasteiger charge is -2.13. The lowest BCUT2D eigenvalue weighted by atomic mass is 10.0. The zero-order valence-corrected chi connectivity index (χ0v) is 20.4. The minimum atomic E-state index is -4.48. The molecule has 0 fully saturated rings. The van der Waals surface area contributed by atoms with Gasteiger partial charge in [0.1, 0.15) is 5.69 Å². The summed E-state index contributed by atoms with van der Waals surface area (Å²) in [6.45, 7) is 3.81. The van der Waals surface area contributed by atoms with Crippen LogP contribution in [0.2, 0.25) is 0 Å². The number of alkyl halides is 3. The molecular weight excluding hydrogens is 491 g/mol. The highest BCUT2D eigenvalue weighted by molar-refractivity contribution is 5.86. The summed E-state index contributed by atoms with van der Waals surface area (Å²) in [6.07, 6.45) is 5.98. The zero-order valence-electron chi connectivity index (χ0n) is 20.4. The molecule has 2 aromatic carbocycles. The van der Waals surface area contributed by atoms with Crippen molar-refractivity contribution in [1.29, 1.82) is 0 Å². The SMILES string of the molecule is Cc1ccn(-c2cc(Cc3noc4c(C#Cc5cnc6cnccn56)c(C)ccc34)cc(C(F)(F)F)c2)c1. The van der Waals surface area contributed by atoms with E-state index in [4.69, 9.17) is 4.52 Å². The molecule has 6 nitrogen and oxygen atoms in total. The molecule has 0 amide bonds. The largest absolute Gasteiger partial charge is 0.416 e. The minimum absolute atomic E-state index is 0.167. The first-order chi connectivity index (χ1) is 18.3. The van der Waals surface area contributed by atoms with E-state index < -0.39 is 11.7 Å². The summed E-state index contributed by atoms with van der Waals surface area (Å²) in [7, 11) is 0. The van der Waals surface area contributed by atoms with Gasteiger partial charge >= 0.3 is 6.18 Å². The van der Waals surface area contributed by atoms with Crippen molar-refractivity contribution >= 4 is 16.6 Å². The highest BCUT2D eigenvalue weighted by atomic mass is 19.4. The molecule has 9 heteroatoms. The van der Waals surface area contributed by atoms with Crippen molar-refractivity contribution in [3.63, 3.8) is 0 Å². The zero-order chi connectivity index (χ0) is 26.4. The second-order valence-corrected chi connectivity index (χ2v) is 9.12. The van der Waals surface area contributed by atoms with Crippen LogP contribution in [-0.4, -0.2) is 24.1 Å². The Kier molecular flexibility index (Phi) is 5.53. The van der Waals surface area contributed by atoms with Gasteiger partial charge in [0, 0.05) is 42.3 Å². The molecule has 0 spiro atoms. The van der Waals surface area contributed by atoms with Gasteiger partial charge in [0.05, 0.1) is 29.2 Å². The molecule has 0 bridgehead atoms. The topological polar surface area (TPSA) is 61.2 Å². The molecular formula is C29H20F3N5O. The van der Waals surface area contributed by atoms with E-state index in [0.29, 0.717) is 44.8 Å². The Bertz CT molecular complexity index is 1880. The van der Waals surface area contributed by atoms with Crippen LogP contribution in [0.25, 0.3) is 22.3 Å². The smallest absolute Gasteiger partial charge is 0.355 e. The molecule has 0 atom stereocenters. The van der Waals surface area contributed by atoms with Crippen molar-refractivity contribution in [1.82, 2.24) is 24.1 Å². The Balaban J connectivity index is 1.40. The molecule has 6 aromatic rings. The van der Waals surface area contributed by atoms with Crippen LogP contribution in [0.4, 0.5) is 13.2 Å². The summed E-state index contributed by atoms with van der Waals surface area (Å²) in [5, 5.41) is 4.94. The van der Waals surface area contributed by atoms with Gasteiger partial charge in [0.2, 0.25) is 0 Å². The van der Waals surface area contributed by atoms with Crippen LogP contribution in [-0.2, 0) is 12.6 Å². The minimum Gasteiger partial charge on any atom is -0.355 e. The van der Waals surface area contributed by atoms with Crippen molar-refractivity contribution in [3.05, 3.63) is 113 Å². The molecule has 188 valence electrons. The van der Waals surface area contributed by atoms with Crippen LogP contribution in [0, 0.1) is 25.7 Å². The second kappa shape index (κ2) is 8.92. The summed E-state index contributed by atoms with van der Waals surface area (Å²) in [4.78, 5) is 8.36. The van der Waals surface area contributed by atoms with Gasteiger partial charge in [-0.1, -0.05) is 17.1 Å². The third-order valence-corrected chi connectivity index (χ3v) is 6.37. The van der Waals surface area contributed by atoms with Crippen LogP contribution in [0.5, 0.6) is 0 Å². The van der Waals surface area contributed by atoms with Crippen molar-refractivity contribution in [2.24, 2.45) is 0 Å². The number of fused-ring (bicyclic) bond motifs is 2. The Morgan fingerprint density at radius 1 is 1.00 bits per heavy atom. The molecule has 0 saturated heterocycles. The lowest BCUT2D eigenvalue weighted by molar-refractivity contribution is -0.137. The van der Waals surface area contributed by atoms with Gasteiger partial charge in [-0.15, -0.1) is 0 Å². The fraction of sp³-hybridized carbons (Fsp3) is 0.138. The molecule has 0 N–H and O–H groups in total. The predicted molar refractivity (Wildman–Crippen MR) is 136 cm³/mol. The number of halogens is 3.